The fourth-order valence-corrected chi connectivity index (χ4v) is 1.01. The summed E-state index contributed by atoms with van der Waals surface area (Å²) in [4.78, 5) is 22.9. The molecule has 1 rings (SSSR count). The van der Waals surface area contributed by atoms with Gasteiger partial charge in [-0.15, -0.1) is 13.2 Å². The molecule has 0 spiro atoms. The number of ether oxygens (including phenoxy) is 1. The van der Waals surface area contributed by atoms with Crippen molar-refractivity contribution < 1.29 is 31.5 Å². The van der Waals surface area contributed by atoms with E-state index >= 15 is 0 Å². The van der Waals surface area contributed by atoms with Crippen LogP contribution in [0.25, 0.3) is 0 Å². The fraction of sp³-hybridized carbons (Fsp3) is 0.250. The van der Waals surface area contributed by atoms with Crippen molar-refractivity contribution in [3.63, 3.8) is 0 Å². The first-order valence-corrected chi connectivity index (χ1v) is 4.01. The van der Waals surface area contributed by atoms with E-state index in [2.05, 4.69) is 4.74 Å². The smallest absolute Gasteiger partial charge is 0.399 e. The molecule has 1 heterocycles. The van der Waals surface area contributed by atoms with Crippen LogP contribution in [0.15, 0.2) is 10.9 Å². The van der Waals surface area contributed by atoms with Gasteiger partial charge in [-0.3, -0.25) is 9.59 Å². The maximum absolute atomic E-state index is 12.2. The third kappa shape index (κ3) is 3.26. The van der Waals surface area contributed by atoms with E-state index in [4.69, 9.17) is 0 Å². The predicted octanol–water partition coefficient (Wildman–Crippen LogP) is 2.02. The number of hydrogen-bond donors (Lipinski definition) is 1. The van der Waals surface area contributed by atoms with E-state index in [1.165, 1.54) is 4.98 Å². The van der Waals surface area contributed by atoms with E-state index in [-0.39, 0.29) is 6.29 Å². The Labute approximate surface area is 90.0 Å². The van der Waals surface area contributed by atoms with Crippen LogP contribution >= 0.6 is 0 Å². The van der Waals surface area contributed by atoms with Crippen LogP contribution in [0.2, 0.25) is 0 Å². The van der Waals surface area contributed by atoms with E-state index in [1.54, 1.807) is 0 Å². The Hall–Kier alpha value is -1.93. The number of aromatic amines is 1. The van der Waals surface area contributed by atoms with Crippen molar-refractivity contribution in [3.05, 3.63) is 27.7 Å². The van der Waals surface area contributed by atoms with Gasteiger partial charge in [0.15, 0.2) is 6.29 Å². The number of alkyl halides is 5. The van der Waals surface area contributed by atoms with Crippen LogP contribution in [0.5, 0.6) is 5.75 Å². The number of aromatic nitrogens is 1. The summed E-state index contributed by atoms with van der Waals surface area (Å²) in [6.45, 7) is 0. The van der Waals surface area contributed by atoms with E-state index in [0.29, 0.717) is 6.07 Å². The summed E-state index contributed by atoms with van der Waals surface area (Å²) < 4.78 is 63.2. The molecule has 0 unspecified atom stereocenters. The Kier molecular flexibility index (Phi) is 3.49. The fourth-order valence-electron chi connectivity index (χ4n) is 1.01. The number of rotatable bonds is 3. The van der Waals surface area contributed by atoms with Gasteiger partial charge in [0.25, 0.3) is 12.0 Å². The number of nitrogens with one attached hydrogen (secondary N) is 1. The largest absolute Gasteiger partial charge is 0.573 e. The zero-order valence-corrected chi connectivity index (χ0v) is 7.85. The number of carbonyl (C=O) groups excluding carboxylic acids is 1. The van der Waals surface area contributed by atoms with Crippen LogP contribution in [0, 0.1) is 0 Å². The summed E-state index contributed by atoms with van der Waals surface area (Å²) in [5, 5.41) is 0. The first-order valence-electron chi connectivity index (χ1n) is 4.01. The van der Waals surface area contributed by atoms with Crippen LogP contribution in [0.3, 0.4) is 0 Å². The molecule has 0 aliphatic carbocycles. The molecule has 94 valence electrons. The molecule has 0 aliphatic heterocycles. The summed E-state index contributed by atoms with van der Waals surface area (Å²) in [5.74, 6) is -1.36. The highest BCUT2D eigenvalue weighted by Gasteiger charge is 2.34. The summed E-state index contributed by atoms with van der Waals surface area (Å²) in [6, 6.07) is 0.417. The normalized spacial score (nSPS) is 11.6. The van der Waals surface area contributed by atoms with Gasteiger partial charge in [-0.2, -0.15) is 0 Å². The standard InChI is InChI=1S/C8H4F5NO3/c9-6(10)4-1-3(2-15)5(7(16)14-4)17-8(11,12)13/h1-2,6H,(H,14,16). The zero-order valence-electron chi connectivity index (χ0n) is 7.85. The monoisotopic (exact) mass is 257 g/mol. The van der Waals surface area contributed by atoms with Gasteiger partial charge < -0.3 is 9.72 Å². The van der Waals surface area contributed by atoms with Crippen LogP contribution in [-0.4, -0.2) is 17.6 Å². The van der Waals surface area contributed by atoms with Crippen molar-refractivity contribution in [3.8, 4) is 5.75 Å². The molecule has 0 bridgehead atoms. The molecule has 0 fully saturated rings. The molecule has 9 heteroatoms. The zero-order chi connectivity index (χ0) is 13.2. The lowest BCUT2D eigenvalue weighted by Gasteiger charge is -2.10. The number of carbonyl (C=O) groups is 1. The second kappa shape index (κ2) is 4.52. The highest BCUT2D eigenvalue weighted by Crippen LogP contribution is 2.24. The van der Waals surface area contributed by atoms with Gasteiger partial charge in [-0.1, -0.05) is 0 Å². The van der Waals surface area contributed by atoms with Gasteiger partial charge in [-0.05, 0) is 6.07 Å². The van der Waals surface area contributed by atoms with Gasteiger partial charge in [0.2, 0.25) is 5.75 Å². The van der Waals surface area contributed by atoms with E-state index in [1.807, 2.05) is 0 Å². The molecular formula is C8H4F5NO3. The van der Waals surface area contributed by atoms with Crippen LogP contribution in [0.1, 0.15) is 22.5 Å². The van der Waals surface area contributed by atoms with Gasteiger partial charge >= 0.3 is 6.36 Å². The summed E-state index contributed by atoms with van der Waals surface area (Å²) in [5.41, 5.74) is -3.42. The molecule has 17 heavy (non-hydrogen) atoms. The average Bonchev–Trinajstić information content (AvgIpc) is 2.18. The minimum Gasteiger partial charge on any atom is -0.399 e. The summed E-state index contributed by atoms with van der Waals surface area (Å²) in [6.07, 6.45) is -8.50. The Morgan fingerprint density at radius 2 is 1.94 bits per heavy atom. The molecule has 0 saturated carbocycles. The molecule has 0 saturated heterocycles. The van der Waals surface area contributed by atoms with Crippen LogP contribution < -0.4 is 10.3 Å². The van der Waals surface area contributed by atoms with Gasteiger partial charge in [-0.25, -0.2) is 8.78 Å². The number of pyridine rings is 1. The molecule has 0 atom stereocenters. The number of halogens is 5. The molecule has 1 aromatic heterocycles. The first-order chi connectivity index (χ1) is 7.74. The number of hydrogen-bond acceptors (Lipinski definition) is 3. The van der Waals surface area contributed by atoms with Crippen molar-refractivity contribution in [2.45, 2.75) is 12.8 Å². The molecular weight excluding hydrogens is 253 g/mol. The Morgan fingerprint density at radius 3 is 2.35 bits per heavy atom. The van der Waals surface area contributed by atoms with Gasteiger partial charge in [0, 0.05) is 0 Å². The van der Waals surface area contributed by atoms with E-state index in [9.17, 15) is 31.5 Å². The lowest BCUT2D eigenvalue weighted by Crippen LogP contribution is -2.24. The molecule has 0 amide bonds. The summed E-state index contributed by atoms with van der Waals surface area (Å²) >= 11 is 0. The molecule has 0 radical (unpaired) electrons. The lowest BCUT2D eigenvalue weighted by atomic mass is 10.2. The highest BCUT2D eigenvalue weighted by atomic mass is 19.4. The third-order valence-corrected chi connectivity index (χ3v) is 1.62. The topological polar surface area (TPSA) is 59.2 Å². The minimum atomic E-state index is -5.20. The molecule has 0 aromatic carbocycles. The quantitative estimate of drug-likeness (QED) is 0.665. The lowest BCUT2D eigenvalue weighted by molar-refractivity contribution is -0.275. The van der Waals surface area contributed by atoms with E-state index < -0.39 is 35.4 Å². The van der Waals surface area contributed by atoms with Crippen molar-refractivity contribution in [2.24, 2.45) is 0 Å². The first kappa shape index (κ1) is 13.1. The third-order valence-electron chi connectivity index (χ3n) is 1.62. The van der Waals surface area contributed by atoms with Crippen molar-refractivity contribution in [2.75, 3.05) is 0 Å². The van der Waals surface area contributed by atoms with Gasteiger partial charge in [0.1, 0.15) is 0 Å². The maximum atomic E-state index is 12.2. The van der Waals surface area contributed by atoms with Crippen LogP contribution in [0.4, 0.5) is 22.0 Å². The van der Waals surface area contributed by atoms with Crippen molar-refractivity contribution in [1.29, 1.82) is 0 Å². The molecule has 1 aromatic rings. The van der Waals surface area contributed by atoms with Gasteiger partial charge in [0.05, 0.1) is 11.3 Å². The summed E-state index contributed by atoms with van der Waals surface area (Å²) in [7, 11) is 0. The molecule has 1 N–H and O–H groups in total. The predicted molar refractivity (Wildman–Crippen MR) is 44.1 cm³/mol. The number of H-pyrrole nitrogens is 1. The second-order valence-electron chi connectivity index (χ2n) is 2.80. The Morgan fingerprint density at radius 1 is 1.35 bits per heavy atom. The average molecular weight is 257 g/mol. The minimum absolute atomic E-state index is 0.178. The number of aldehydes is 1. The maximum Gasteiger partial charge on any atom is 0.573 e. The SMILES string of the molecule is O=Cc1cc(C(F)F)[nH]c(=O)c1OC(F)(F)F. The van der Waals surface area contributed by atoms with Crippen LogP contribution in [-0.2, 0) is 0 Å². The Bertz CT molecular complexity index is 479. The second-order valence-corrected chi connectivity index (χ2v) is 2.80. The Balaban J connectivity index is 3.32. The van der Waals surface area contributed by atoms with Crippen molar-refractivity contribution >= 4 is 6.29 Å². The highest BCUT2D eigenvalue weighted by molar-refractivity contribution is 5.79. The van der Waals surface area contributed by atoms with Crippen molar-refractivity contribution in [1.82, 2.24) is 4.98 Å². The molecule has 0 aliphatic rings. The van der Waals surface area contributed by atoms with E-state index in [0.717, 1.165) is 0 Å². The molecule has 4 nitrogen and oxygen atoms in total.